The number of carbonyl (C=O) groups excluding carboxylic acids is 1. The van der Waals surface area contributed by atoms with Crippen LogP contribution in [-0.4, -0.2) is 60.8 Å². The van der Waals surface area contributed by atoms with Gasteiger partial charge in [-0.25, -0.2) is 0 Å². The van der Waals surface area contributed by atoms with Crippen LogP contribution in [0.3, 0.4) is 0 Å². The minimum atomic E-state index is 0.153. The monoisotopic (exact) mass is 255 g/mol. The first-order valence-electron chi connectivity index (χ1n) is 7.14. The molecule has 0 radical (unpaired) electrons. The van der Waals surface area contributed by atoms with Crippen molar-refractivity contribution in [1.29, 1.82) is 0 Å². The Balaban J connectivity index is 1.65. The lowest BCUT2D eigenvalue weighted by atomic mass is 10.2. The van der Waals surface area contributed by atoms with Gasteiger partial charge >= 0.3 is 0 Å². The van der Waals surface area contributed by atoms with E-state index < -0.39 is 0 Å². The van der Waals surface area contributed by atoms with Crippen molar-refractivity contribution in [3.8, 4) is 0 Å². The zero-order valence-corrected chi connectivity index (χ0v) is 11.0. The van der Waals surface area contributed by atoms with E-state index in [0.717, 1.165) is 32.5 Å². The molecule has 2 aliphatic rings. The smallest absolute Gasteiger partial charge is 0.221 e. The topological polar surface area (TPSA) is 64.6 Å². The fourth-order valence-electron chi connectivity index (χ4n) is 2.45. The molecule has 5 heteroatoms. The lowest BCUT2D eigenvalue weighted by Gasteiger charge is -2.24. The maximum atomic E-state index is 11.6. The van der Waals surface area contributed by atoms with Crippen molar-refractivity contribution < 1.29 is 9.90 Å². The third-order valence-corrected chi connectivity index (χ3v) is 3.65. The summed E-state index contributed by atoms with van der Waals surface area (Å²) in [6, 6.07) is 0.975. The van der Waals surface area contributed by atoms with E-state index >= 15 is 0 Å². The number of rotatable bonds is 8. The number of hydrogen-bond donors (Lipinski definition) is 3. The fraction of sp³-hybridized carbons (Fsp3) is 0.923. The Morgan fingerprint density at radius 3 is 2.78 bits per heavy atom. The second kappa shape index (κ2) is 7.07. The van der Waals surface area contributed by atoms with Crippen LogP contribution in [0.1, 0.15) is 32.1 Å². The maximum Gasteiger partial charge on any atom is 0.221 e. The Morgan fingerprint density at radius 1 is 1.33 bits per heavy atom. The van der Waals surface area contributed by atoms with Crippen molar-refractivity contribution in [2.75, 3.05) is 32.8 Å². The van der Waals surface area contributed by atoms with Crippen LogP contribution in [0.4, 0.5) is 0 Å². The molecule has 104 valence electrons. The first-order chi connectivity index (χ1) is 8.78. The molecule has 0 aromatic carbocycles. The molecule has 2 fully saturated rings. The molecule has 0 aromatic rings. The number of aliphatic hydroxyl groups excluding tert-OH is 1. The van der Waals surface area contributed by atoms with Gasteiger partial charge in [0.05, 0.1) is 6.61 Å². The normalized spacial score (nSPS) is 23.6. The first-order valence-corrected chi connectivity index (χ1v) is 7.14. The molecule has 3 N–H and O–H groups in total. The molecule has 1 aliphatic carbocycles. The van der Waals surface area contributed by atoms with Gasteiger partial charge in [0.2, 0.25) is 5.91 Å². The van der Waals surface area contributed by atoms with Crippen LogP contribution in [0, 0.1) is 0 Å². The van der Waals surface area contributed by atoms with Crippen molar-refractivity contribution in [2.45, 2.75) is 44.2 Å². The quantitative estimate of drug-likeness (QED) is 0.557. The largest absolute Gasteiger partial charge is 0.395 e. The van der Waals surface area contributed by atoms with Gasteiger partial charge in [-0.05, 0) is 32.2 Å². The molecule has 1 atom stereocenters. The van der Waals surface area contributed by atoms with Crippen LogP contribution in [0.15, 0.2) is 0 Å². The lowest BCUT2D eigenvalue weighted by molar-refractivity contribution is -0.121. The summed E-state index contributed by atoms with van der Waals surface area (Å²) in [5, 5.41) is 15.5. The second-order valence-electron chi connectivity index (χ2n) is 5.41. The summed E-state index contributed by atoms with van der Waals surface area (Å²) in [5.41, 5.74) is 0. The van der Waals surface area contributed by atoms with Crippen molar-refractivity contribution >= 4 is 5.91 Å². The highest BCUT2D eigenvalue weighted by Crippen LogP contribution is 2.18. The number of hydrogen-bond acceptors (Lipinski definition) is 4. The van der Waals surface area contributed by atoms with Gasteiger partial charge in [0.1, 0.15) is 0 Å². The molecule has 0 spiro atoms. The summed E-state index contributed by atoms with van der Waals surface area (Å²) in [5.74, 6) is 0.153. The average molecular weight is 255 g/mol. The Labute approximate surface area is 109 Å². The molecule has 1 saturated heterocycles. The van der Waals surface area contributed by atoms with Crippen LogP contribution < -0.4 is 10.6 Å². The fourth-order valence-corrected chi connectivity index (χ4v) is 2.45. The molecule has 1 amide bonds. The summed E-state index contributed by atoms with van der Waals surface area (Å²) in [4.78, 5) is 13.8. The van der Waals surface area contributed by atoms with Crippen LogP contribution in [0.5, 0.6) is 0 Å². The average Bonchev–Trinajstić information content (AvgIpc) is 3.01. The SMILES string of the molecule is O=C(CCN(CCO)CC1CCCN1)NC1CC1. The van der Waals surface area contributed by atoms with Gasteiger partial charge in [-0.1, -0.05) is 0 Å². The number of amides is 1. The predicted molar refractivity (Wildman–Crippen MR) is 70.3 cm³/mol. The number of carbonyl (C=O) groups is 1. The summed E-state index contributed by atoms with van der Waals surface area (Å²) in [7, 11) is 0. The van der Waals surface area contributed by atoms with Gasteiger partial charge in [-0.2, -0.15) is 0 Å². The third kappa shape index (κ3) is 4.92. The summed E-state index contributed by atoms with van der Waals surface area (Å²) >= 11 is 0. The summed E-state index contributed by atoms with van der Waals surface area (Å²) < 4.78 is 0. The second-order valence-corrected chi connectivity index (χ2v) is 5.41. The lowest BCUT2D eigenvalue weighted by Crippen LogP contribution is -2.41. The number of aliphatic hydroxyl groups is 1. The molecular formula is C13H25N3O2. The predicted octanol–water partition coefficient (Wildman–Crippen LogP) is -0.299. The van der Waals surface area contributed by atoms with E-state index in [0.29, 0.717) is 25.0 Å². The molecule has 5 nitrogen and oxygen atoms in total. The zero-order valence-electron chi connectivity index (χ0n) is 11.0. The Hall–Kier alpha value is -0.650. The van der Waals surface area contributed by atoms with Crippen molar-refractivity contribution in [2.24, 2.45) is 0 Å². The van der Waals surface area contributed by atoms with Gasteiger partial charge in [0, 0.05) is 38.1 Å². The van der Waals surface area contributed by atoms with E-state index in [1.165, 1.54) is 12.8 Å². The molecule has 0 bridgehead atoms. The Morgan fingerprint density at radius 2 is 2.17 bits per heavy atom. The van der Waals surface area contributed by atoms with Crippen LogP contribution in [-0.2, 0) is 4.79 Å². The van der Waals surface area contributed by atoms with Gasteiger partial charge in [-0.15, -0.1) is 0 Å². The third-order valence-electron chi connectivity index (χ3n) is 3.65. The van der Waals surface area contributed by atoms with Crippen LogP contribution in [0.2, 0.25) is 0 Å². The first kappa shape index (κ1) is 13.8. The van der Waals surface area contributed by atoms with E-state index in [9.17, 15) is 4.79 Å². The molecular weight excluding hydrogens is 230 g/mol. The molecule has 1 saturated carbocycles. The summed E-state index contributed by atoms with van der Waals surface area (Å²) in [6.07, 6.45) is 5.26. The Bertz CT molecular complexity index is 263. The molecule has 1 heterocycles. The molecule has 2 rings (SSSR count). The highest BCUT2D eigenvalue weighted by molar-refractivity contribution is 5.76. The highest BCUT2D eigenvalue weighted by Gasteiger charge is 2.23. The van der Waals surface area contributed by atoms with E-state index in [1.807, 2.05) is 0 Å². The minimum Gasteiger partial charge on any atom is -0.395 e. The van der Waals surface area contributed by atoms with Gasteiger partial charge < -0.3 is 15.7 Å². The van der Waals surface area contributed by atoms with E-state index in [2.05, 4.69) is 15.5 Å². The standard InChI is InChI=1S/C13H25N3O2/c17-9-8-16(10-12-2-1-6-14-12)7-5-13(18)15-11-3-4-11/h11-12,14,17H,1-10H2,(H,15,18). The van der Waals surface area contributed by atoms with E-state index in [4.69, 9.17) is 5.11 Å². The highest BCUT2D eigenvalue weighted by atomic mass is 16.3. The molecule has 0 aromatic heterocycles. The van der Waals surface area contributed by atoms with Gasteiger partial charge in [-0.3, -0.25) is 9.69 Å². The molecule has 1 aliphatic heterocycles. The number of nitrogens with zero attached hydrogens (tertiary/aromatic N) is 1. The number of nitrogens with one attached hydrogen (secondary N) is 2. The van der Waals surface area contributed by atoms with Gasteiger partial charge in [0.15, 0.2) is 0 Å². The summed E-state index contributed by atoms with van der Waals surface area (Å²) in [6.45, 7) is 3.61. The van der Waals surface area contributed by atoms with Gasteiger partial charge in [0.25, 0.3) is 0 Å². The molecule has 1 unspecified atom stereocenters. The van der Waals surface area contributed by atoms with E-state index in [1.54, 1.807) is 0 Å². The Kier molecular flexibility index (Phi) is 5.41. The van der Waals surface area contributed by atoms with Crippen LogP contribution in [0.25, 0.3) is 0 Å². The van der Waals surface area contributed by atoms with Crippen molar-refractivity contribution in [1.82, 2.24) is 15.5 Å². The van der Waals surface area contributed by atoms with Crippen LogP contribution >= 0.6 is 0 Å². The van der Waals surface area contributed by atoms with Crippen molar-refractivity contribution in [3.05, 3.63) is 0 Å². The van der Waals surface area contributed by atoms with Crippen molar-refractivity contribution in [3.63, 3.8) is 0 Å². The molecule has 18 heavy (non-hydrogen) atoms. The van der Waals surface area contributed by atoms with E-state index in [-0.39, 0.29) is 12.5 Å². The zero-order chi connectivity index (χ0) is 12.8. The minimum absolute atomic E-state index is 0.153. The maximum absolute atomic E-state index is 11.6.